The van der Waals surface area contributed by atoms with E-state index in [0.717, 1.165) is 9.80 Å². The molecule has 4 atom stereocenters. The van der Waals surface area contributed by atoms with Crippen LogP contribution in [0, 0.1) is 17.8 Å². The molecule has 2 saturated heterocycles. The summed E-state index contributed by atoms with van der Waals surface area (Å²) in [5.41, 5.74) is 0.495. The lowest BCUT2D eigenvalue weighted by atomic mass is 9.77. The molecule has 0 saturated carbocycles. The molecule has 0 bridgehead atoms. The molecule has 1 aromatic rings. The van der Waals surface area contributed by atoms with E-state index in [1.807, 2.05) is 0 Å². The third-order valence-corrected chi connectivity index (χ3v) is 4.95. The fourth-order valence-electron chi connectivity index (χ4n) is 3.54. The number of aliphatic hydroxyl groups excluding tert-OH is 1. The molecule has 3 rings (SSSR count). The van der Waals surface area contributed by atoms with Gasteiger partial charge in [-0.25, -0.2) is 0 Å². The molecule has 4 unspecified atom stereocenters. The lowest BCUT2D eigenvalue weighted by Crippen LogP contribution is -2.35. The van der Waals surface area contributed by atoms with Crippen LogP contribution in [0.25, 0.3) is 0 Å². The van der Waals surface area contributed by atoms with Crippen LogP contribution in [-0.4, -0.2) is 52.6 Å². The van der Waals surface area contributed by atoms with Crippen molar-refractivity contribution in [3.05, 3.63) is 35.9 Å². The van der Waals surface area contributed by atoms with Crippen molar-refractivity contribution in [3.63, 3.8) is 0 Å². The van der Waals surface area contributed by atoms with Crippen LogP contribution >= 0.6 is 0 Å². The van der Waals surface area contributed by atoms with E-state index in [4.69, 9.17) is 0 Å². The lowest BCUT2D eigenvalue weighted by molar-refractivity contribution is -0.142. The van der Waals surface area contributed by atoms with Crippen LogP contribution < -0.4 is 0 Å². The van der Waals surface area contributed by atoms with E-state index < -0.39 is 41.6 Å². The Labute approximate surface area is 138 Å². The number of hydrogen-bond acceptors (Lipinski definition) is 5. The first-order chi connectivity index (χ1) is 11.3. The van der Waals surface area contributed by atoms with Crippen molar-refractivity contribution in [1.29, 1.82) is 0 Å². The molecule has 1 N–H and O–H groups in total. The monoisotopic (exact) mass is 330 g/mol. The first-order valence-electron chi connectivity index (χ1n) is 7.69. The molecule has 4 amide bonds. The van der Waals surface area contributed by atoms with Gasteiger partial charge in [0.05, 0.1) is 23.9 Å². The first-order valence-corrected chi connectivity index (χ1v) is 7.69. The number of hydrogen-bond donors (Lipinski definition) is 1. The van der Waals surface area contributed by atoms with Gasteiger partial charge in [0.25, 0.3) is 0 Å². The number of rotatable bonds is 3. The predicted molar refractivity (Wildman–Crippen MR) is 82.0 cm³/mol. The van der Waals surface area contributed by atoms with Gasteiger partial charge in [-0.2, -0.15) is 0 Å². The quantitative estimate of drug-likeness (QED) is 0.785. The molecule has 2 fully saturated rings. The highest BCUT2D eigenvalue weighted by Gasteiger charge is 2.57. The summed E-state index contributed by atoms with van der Waals surface area (Å²) >= 11 is 0. The van der Waals surface area contributed by atoms with Crippen molar-refractivity contribution in [2.75, 3.05) is 14.1 Å². The van der Waals surface area contributed by atoms with E-state index in [9.17, 15) is 24.3 Å². The van der Waals surface area contributed by atoms with Gasteiger partial charge in [0.15, 0.2) is 0 Å². The highest BCUT2D eigenvalue weighted by Crippen LogP contribution is 2.42. The molecule has 7 nitrogen and oxygen atoms in total. The van der Waals surface area contributed by atoms with Crippen LogP contribution in [0.1, 0.15) is 18.1 Å². The average Bonchev–Trinajstić information content (AvgIpc) is 2.97. The van der Waals surface area contributed by atoms with E-state index in [2.05, 4.69) is 0 Å². The van der Waals surface area contributed by atoms with E-state index in [1.54, 1.807) is 30.3 Å². The molecule has 0 aliphatic carbocycles. The highest BCUT2D eigenvalue weighted by molar-refractivity contribution is 6.10. The predicted octanol–water partition coefficient (Wildman–Crippen LogP) is -0.0441. The molecule has 0 spiro atoms. The molecular formula is C17H18N2O5. The van der Waals surface area contributed by atoms with Gasteiger partial charge in [-0.1, -0.05) is 30.3 Å². The van der Waals surface area contributed by atoms with Gasteiger partial charge in [-0.3, -0.25) is 29.0 Å². The maximum Gasteiger partial charge on any atom is 0.235 e. The van der Waals surface area contributed by atoms with Gasteiger partial charge in [0.1, 0.15) is 0 Å². The number of imide groups is 2. The zero-order valence-electron chi connectivity index (χ0n) is 13.4. The highest BCUT2D eigenvalue weighted by atomic mass is 16.3. The number of benzene rings is 1. The van der Waals surface area contributed by atoms with Crippen LogP contribution in [0.5, 0.6) is 0 Å². The summed E-state index contributed by atoms with van der Waals surface area (Å²) in [4.78, 5) is 51.1. The smallest absolute Gasteiger partial charge is 0.235 e. The third kappa shape index (κ3) is 2.32. The Morgan fingerprint density at radius 3 is 2.12 bits per heavy atom. The summed E-state index contributed by atoms with van der Waals surface area (Å²) in [7, 11) is 2.69. The Kier molecular flexibility index (Phi) is 3.96. The molecule has 2 aliphatic heterocycles. The van der Waals surface area contributed by atoms with Gasteiger partial charge >= 0.3 is 0 Å². The molecule has 24 heavy (non-hydrogen) atoms. The largest absolute Gasteiger partial charge is 0.388 e. The van der Waals surface area contributed by atoms with Crippen molar-refractivity contribution in [2.45, 2.75) is 12.5 Å². The molecule has 0 radical (unpaired) electrons. The minimum absolute atomic E-state index is 0.120. The average molecular weight is 330 g/mol. The topological polar surface area (TPSA) is 95.0 Å². The SMILES string of the molecule is CN1C(=O)CC(C2C(=O)N(C)C(=O)C2C(O)c2ccccc2)C1=O. The number of likely N-dealkylation sites (tertiary alicyclic amines) is 2. The molecule has 7 heteroatoms. The van der Waals surface area contributed by atoms with Crippen molar-refractivity contribution < 1.29 is 24.3 Å². The minimum Gasteiger partial charge on any atom is -0.388 e. The van der Waals surface area contributed by atoms with Gasteiger partial charge in [0, 0.05) is 20.5 Å². The van der Waals surface area contributed by atoms with Gasteiger partial charge in [0.2, 0.25) is 23.6 Å². The van der Waals surface area contributed by atoms with Crippen LogP contribution in [0.4, 0.5) is 0 Å². The van der Waals surface area contributed by atoms with Crippen molar-refractivity contribution in [2.24, 2.45) is 17.8 Å². The minimum atomic E-state index is -1.22. The van der Waals surface area contributed by atoms with Gasteiger partial charge in [-0.05, 0) is 5.56 Å². The normalized spacial score (nSPS) is 28.9. The number of carbonyl (C=O) groups is 4. The maximum absolute atomic E-state index is 12.5. The second-order valence-electron chi connectivity index (χ2n) is 6.24. The van der Waals surface area contributed by atoms with Crippen LogP contribution in [0.3, 0.4) is 0 Å². The zero-order valence-corrected chi connectivity index (χ0v) is 13.4. The van der Waals surface area contributed by atoms with Crippen molar-refractivity contribution >= 4 is 23.6 Å². The van der Waals surface area contributed by atoms with Crippen LogP contribution in [0.15, 0.2) is 30.3 Å². The summed E-state index contributed by atoms with van der Waals surface area (Å²) in [6.07, 6.45) is -1.34. The molecule has 2 heterocycles. The molecule has 126 valence electrons. The maximum atomic E-state index is 12.5. The fourth-order valence-corrected chi connectivity index (χ4v) is 3.54. The van der Waals surface area contributed by atoms with Crippen LogP contribution in [-0.2, 0) is 19.2 Å². The van der Waals surface area contributed by atoms with E-state index >= 15 is 0 Å². The summed E-state index contributed by atoms with van der Waals surface area (Å²) < 4.78 is 0. The molecule has 0 aromatic heterocycles. The van der Waals surface area contributed by atoms with Gasteiger partial charge in [-0.15, -0.1) is 0 Å². The Morgan fingerprint density at radius 1 is 0.958 bits per heavy atom. The molecule has 1 aromatic carbocycles. The molecular weight excluding hydrogens is 312 g/mol. The van der Waals surface area contributed by atoms with Crippen molar-refractivity contribution in [1.82, 2.24) is 9.80 Å². The number of amides is 4. The van der Waals surface area contributed by atoms with E-state index in [0.29, 0.717) is 5.56 Å². The van der Waals surface area contributed by atoms with Crippen LogP contribution in [0.2, 0.25) is 0 Å². The summed E-state index contributed by atoms with van der Waals surface area (Å²) in [6.45, 7) is 0. The number of nitrogens with zero attached hydrogens (tertiary/aromatic N) is 2. The van der Waals surface area contributed by atoms with Crippen molar-refractivity contribution in [3.8, 4) is 0 Å². The second kappa shape index (κ2) is 5.83. The lowest BCUT2D eigenvalue weighted by Gasteiger charge is -2.24. The Bertz CT molecular complexity index is 717. The zero-order chi connectivity index (χ0) is 17.6. The number of aliphatic hydroxyl groups is 1. The fraction of sp³-hybridized carbons (Fsp3) is 0.412. The first kappa shape index (κ1) is 16.3. The number of carbonyl (C=O) groups excluding carboxylic acids is 4. The van der Waals surface area contributed by atoms with Gasteiger partial charge < -0.3 is 5.11 Å². The Balaban J connectivity index is 1.99. The standard InChI is InChI=1S/C17H18N2O5/c1-18-11(20)8-10(15(18)22)12-13(17(24)19(2)16(12)23)14(21)9-6-4-3-5-7-9/h3-7,10,12-14,21H,8H2,1-2H3. The Morgan fingerprint density at radius 2 is 1.58 bits per heavy atom. The van der Waals surface area contributed by atoms with E-state index in [-0.39, 0.29) is 12.3 Å². The van der Waals surface area contributed by atoms with E-state index in [1.165, 1.54) is 14.1 Å². The summed E-state index contributed by atoms with van der Waals surface area (Å²) in [6, 6.07) is 8.53. The summed E-state index contributed by atoms with van der Waals surface area (Å²) in [5, 5.41) is 10.7. The Hall–Kier alpha value is -2.54. The second-order valence-corrected chi connectivity index (χ2v) is 6.24. The molecule has 2 aliphatic rings. The third-order valence-electron chi connectivity index (χ3n) is 4.95. The summed E-state index contributed by atoms with van der Waals surface area (Å²) in [5.74, 6) is -4.93.